The third-order valence-electron chi connectivity index (χ3n) is 5.60. The molecule has 176 valence electrons. The van der Waals surface area contributed by atoms with Gasteiger partial charge >= 0.3 is 0 Å². The maximum atomic E-state index is 12.7. The first-order chi connectivity index (χ1) is 15.5. The van der Waals surface area contributed by atoms with Crippen LogP contribution in [-0.2, 0) is 19.9 Å². The van der Waals surface area contributed by atoms with E-state index in [0.717, 1.165) is 26.2 Å². The van der Waals surface area contributed by atoms with Crippen molar-refractivity contribution in [1.29, 1.82) is 0 Å². The number of hydrogen-bond acceptors (Lipinski definition) is 8. The number of H-pyrrole nitrogens is 1. The Bertz CT molecular complexity index is 1410. The summed E-state index contributed by atoms with van der Waals surface area (Å²) in [7, 11) is -5.47. The van der Waals surface area contributed by atoms with E-state index in [1.54, 1.807) is 6.08 Å². The normalized spacial score (nSPS) is 16.1. The molecule has 1 aliphatic heterocycles. The minimum Gasteiger partial charge on any atom is -0.494 e. The lowest BCUT2D eigenvalue weighted by molar-refractivity contribution is 0.198. The SMILES string of the molecule is CN1CCN(C=CCS(=O)(=O)c2ccc(-c3c(O)[nH]c4ccc(S(N)(=O)=O)cc34)nc2)CC1. The Balaban J connectivity index is 1.57. The van der Waals surface area contributed by atoms with Gasteiger partial charge in [0.05, 0.1) is 26.8 Å². The summed E-state index contributed by atoms with van der Waals surface area (Å²) < 4.78 is 48.8. The van der Waals surface area contributed by atoms with Crippen LogP contribution in [0.25, 0.3) is 22.2 Å². The molecule has 0 spiro atoms. The van der Waals surface area contributed by atoms with E-state index in [-0.39, 0.29) is 32.7 Å². The number of piperazine rings is 1. The number of rotatable bonds is 6. The molecule has 0 saturated carbocycles. The average Bonchev–Trinajstić information content (AvgIpc) is 3.09. The maximum Gasteiger partial charge on any atom is 0.238 e. The van der Waals surface area contributed by atoms with E-state index < -0.39 is 19.9 Å². The van der Waals surface area contributed by atoms with Crippen molar-refractivity contribution in [3.63, 3.8) is 0 Å². The van der Waals surface area contributed by atoms with Crippen LogP contribution >= 0.6 is 0 Å². The van der Waals surface area contributed by atoms with Crippen molar-refractivity contribution in [2.75, 3.05) is 39.0 Å². The van der Waals surface area contributed by atoms with E-state index in [1.807, 2.05) is 6.20 Å². The van der Waals surface area contributed by atoms with Crippen LogP contribution in [0.4, 0.5) is 0 Å². The van der Waals surface area contributed by atoms with Crippen LogP contribution in [0.5, 0.6) is 5.88 Å². The van der Waals surface area contributed by atoms with Crippen LogP contribution in [-0.4, -0.2) is 80.7 Å². The summed E-state index contributed by atoms with van der Waals surface area (Å²) in [6.07, 6.45) is 4.68. The van der Waals surface area contributed by atoms with Gasteiger partial charge in [0, 0.05) is 43.3 Å². The van der Waals surface area contributed by atoms with Gasteiger partial charge in [-0.25, -0.2) is 22.0 Å². The Kier molecular flexibility index (Phi) is 6.18. The molecule has 0 atom stereocenters. The number of aromatic amines is 1. The lowest BCUT2D eigenvalue weighted by Crippen LogP contribution is -2.41. The van der Waals surface area contributed by atoms with E-state index in [0.29, 0.717) is 10.9 Å². The lowest BCUT2D eigenvalue weighted by Gasteiger charge is -2.31. The second kappa shape index (κ2) is 8.78. The van der Waals surface area contributed by atoms with Crippen molar-refractivity contribution in [3.8, 4) is 17.1 Å². The number of fused-ring (bicyclic) bond motifs is 1. The fourth-order valence-corrected chi connectivity index (χ4v) is 5.25. The number of sulfonamides is 1. The monoisotopic (exact) mass is 491 g/mol. The van der Waals surface area contributed by atoms with Gasteiger partial charge in [0.15, 0.2) is 15.7 Å². The number of likely N-dealkylation sites (N-methyl/N-ethyl adjacent to an activating group) is 1. The Morgan fingerprint density at radius 1 is 1.09 bits per heavy atom. The van der Waals surface area contributed by atoms with Crippen LogP contribution in [0.15, 0.2) is 58.6 Å². The van der Waals surface area contributed by atoms with Gasteiger partial charge in [-0.1, -0.05) is 6.08 Å². The molecule has 3 aromatic rings. The van der Waals surface area contributed by atoms with Gasteiger partial charge in [0.1, 0.15) is 0 Å². The molecule has 10 nitrogen and oxygen atoms in total. The van der Waals surface area contributed by atoms with E-state index >= 15 is 0 Å². The molecule has 0 unspecified atom stereocenters. The highest BCUT2D eigenvalue weighted by atomic mass is 32.2. The first-order valence-electron chi connectivity index (χ1n) is 10.2. The number of benzene rings is 1. The van der Waals surface area contributed by atoms with Crippen molar-refractivity contribution < 1.29 is 21.9 Å². The molecular formula is C21H25N5O5S2. The first-order valence-corrected chi connectivity index (χ1v) is 13.4. The fraction of sp³-hybridized carbons (Fsp3) is 0.286. The van der Waals surface area contributed by atoms with E-state index in [1.165, 1.54) is 36.5 Å². The van der Waals surface area contributed by atoms with Crippen LogP contribution in [0.2, 0.25) is 0 Å². The summed E-state index contributed by atoms with van der Waals surface area (Å²) in [5, 5.41) is 16.0. The van der Waals surface area contributed by atoms with Gasteiger partial charge in [0.2, 0.25) is 10.0 Å². The molecule has 4 N–H and O–H groups in total. The molecule has 1 fully saturated rings. The standard InChI is InChI=1S/C21H25N5O5S2/c1-25-8-10-26(11-9-25)7-2-12-32(28,29)16-4-6-19(23-14-16)20-17-13-15(33(22,30)31)3-5-18(17)24-21(20)27/h2-7,13-14,24,27H,8-12H2,1H3,(H2,22,30,31). The Hall–Kier alpha value is -2.93. The minimum absolute atomic E-state index is 0.0545. The van der Waals surface area contributed by atoms with Crippen LogP contribution in [0, 0.1) is 0 Å². The number of sulfone groups is 1. The number of nitrogens with one attached hydrogen (secondary N) is 1. The zero-order chi connectivity index (χ0) is 23.8. The second-order valence-corrected chi connectivity index (χ2v) is 11.6. The molecule has 1 aliphatic rings. The average molecular weight is 492 g/mol. The van der Waals surface area contributed by atoms with Crippen molar-refractivity contribution in [1.82, 2.24) is 19.8 Å². The first kappa shape index (κ1) is 23.2. The highest BCUT2D eigenvalue weighted by Crippen LogP contribution is 2.36. The molecule has 33 heavy (non-hydrogen) atoms. The molecule has 0 bridgehead atoms. The summed E-state index contributed by atoms with van der Waals surface area (Å²) in [5.74, 6) is -0.369. The molecule has 1 aromatic carbocycles. The third-order valence-corrected chi connectivity index (χ3v) is 8.10. The van der Waals surface area contributed by atoms with Gasteiger partial charge in [-0.05, 0) is 43.6 Å². The highest BCUT2D eigenvalue weighted by molar-refractivity contribution is 7.91. The Labute approximate surface area is 192 Å². The number of nitrogens with zero attached hydrogens (tertiary/aromatic N) is 3. The molecule has 4 rings (SSSR count). The maximum absolute atomic E-state index is 12.7. The molecule has 2 aromatic heterocycles. The van der Waals surface area contributed by atoms with Gasteiger partial charge in [0.25, 0.3) is 0 Å². The predicted molar refractivity (Wildman–Crippen MR) is 125 cm³/mol. The van der Waals surface area contributed by atoms with E-state index in [4.69, 9.17) is 5.14 Å². The lowest BCUT2D eigenvalue weighted by atomic mass is 10.1. The van der Waals surface area contributed by atoms with E-state index in [2.05, 4.69) is 26.8 Å². The molecule has 1 saturated heterocycles. The summed E-state index contributed by atoms with van der Waals surface area (Å²) in [6, 6.07) is 7.05. The Morgan fingerprint density at radius 3 is 2.42 bits per heavy atom. The quantitative estimate of drug-likeness (QED) is 0.464. The summed E-state index contributed by atoms with van der Waals surface area (Å²) in [5.41, 5.74) is 1.04. The molecule has 0 amide bonds. The molecule has 12 heteroatoms. The summed E-state index contributed by atoms with van der Waals surface area (Å²) in [6.45, 7) is 3.57. The van der Waals surface area contributed by atoms with Crippen LogP contribution in [0.1, 0.15) is 0 Å². The number of pyridine rings is 1. The zero-order valence-electron chi connectivity index (χ0n) is 18.0. The number of aromatic nitrogens is 2. The summed E-state index contributed by atoms with van der Waals surface area (Å²) in [4.78, 5) is 11.2. The van der Waals surface area contributed by atoms with Gasteiger partial charge in [-0.3, -0.25) is 4.98 Å². The number of aromatic hydroxyl groups is 1. The van der Waals surface area contributed by atoms with Gasteiger partial charge < -0.3 is 19.9 Å². The largest absolute Gasteiger partial charge is 0.494 e. The molecule has 0 aliphatic carbocycles. The Morgan fingerprint density at radius 2 is 1.79 bits per heavy atom. The zero-order valence-corrected chi connectivity index (χ0v) is 19.6. The molecule has 0 radical (unpaired) electrons. The second-order valence-electron chi connectivity index (χ2n) is 7.99. The minimum atomic E-state index is -3.94. The molecular weight excluding hydrogens is 466 g/mol. The number of nitrogens with two attached hydrogens (primary N) is 1. The van der Waals surface area contributed by atoms with Crippen molar-refractivity contribution in [2.45, 2.75) is 9.79 Å². The van der Waals surface area contributed by atoms with Gasteiger partial charge in [-0.15, -0.1) is 0 Å². The van der Waals surface area contributed by atoms with Crippen molar-refractivity contribution >= 4 is 30.8 Å². The predicted octanol–water partition coefficient (Wildman–Crippen LogP) is 1.12. The summed E-state index contributed by atoms with van der Waals surface area (Å²) >= 11 is 0. The van der Waals surface area contributed by atoms with Crippen molar-refractivity contribution in [3.05, 3.63) is 48.8 Å². The van der Waals surface area contributed by atoms with Crippen LogP contribution < -0.4 is 5.14 Å². The third kappa shape index (κ3) is 5.03. The fourth-order valence-electron chi connectivity index (χ4n) is 3.69. The highest BCUT2D eigenvalue weighted by Gasteiger charge is 2.19. The van der Waals surface area contributed by atoms with Crippen molar-refractivity contribution in [2.24, 2.45) is 5.14 Å². The smallest absolute Gasteiger partial charge is 0.238 e. The van der Waals surface area contributed by atoms with Gasteiger partial charge in [-0.2, -0.15) is 0 Å². The van der Waals surface area contributed by atoms with Crippen LogP contribution in [0.3, 0.4) is 0 Å². The topological polar surface area (TPSA) is 150 Å². The van der Waals surface area contributed by atoms with E-state index in [9.17, 15) is 21.9 Å². The number of hydrogen-bond donors (Lipinski definition) is 3. The number of primary sulfonamides is 1. The molecule has 3 heterocycles.